The number of nitrogen functional groups attached to an aromatic ring is 1. The summed E-state index contributed by atoms with van der Waals surface area (Å²) in [6.07, 6.45) is 9.29. The van der Waals surface area contributed by atoms with Crippen LogP contribution in [-0.4, -0.2) is 56.3 Å². The summed E-state index contributed by atoms with van der Waals surface area (Å²) in [5.41, 5.74) is 8.06. The van der Waals surface area contributed by atoms with Crippen molar-refractivity contribution in [3.05, 3.63) is 60.0 Å². The van der Waals surface area contributed by atoms with Gasteiger partial charge in [0.25, 0.3) is 0 Å². The van der Waals surface area contributed by atoms with E-state index in [1.165, 1.54) is 0 Å². The number of pyridine rings is 1. The SMILES string of the molecule is CN1CCC(n2cc(-c3cnc(N)c(OCc4cccc(C#CC5(O)CCCC5=O)c4)c3)cn2)CC1. The highest BCUT2D eigenvalue weighted by Crippen LogP contribution is 2.30. The average Bonchev–Trinajstić information content (AvgIpc) is 3.50. The molecule has 5 rings (SSSR count). The van der Waals surface area contributed by atoms with Crippen LogP contribution in [0.25, 0.3) is 11.1 Å². The van der Waals surface area contributed by atoms with E-state index < -0.39 is 5.60 Å². The number of Topliss-reactive ketones (excluding diaryl/α,β-unsaturated/α-hetero) is 1. The lowest BCUT2D eigenvalue weighted by Crippen LogP contribution is -2.31. The molecule has 0 spiro atoms. The minimum absolute atomic E-state index is 0.200. The first-order valence-corrected chi connectivity index (χ1v) is 12.4. The van der Waals surface area contributed by atoms with Gasteiger partial charge in [0.15, 0.2) is 23.0 Å². The molecular weight excluding hydrogens is 454 g/mol. The first-order valence-electron chi connectivity index (χ1n) is 12.4. The molecule has 1 atom stereocenters. The molecule has 1 aliphatic heterocycles. The quantitative estimate of drug-likeness (QED) is 0.535. The second kappa shape index (κ2) is 10.1. The van der Waals surface area contributed by atoms with Crippen molar-refractivity contribution in [1.29, 1.82) is 0 Å². The minimum atomic E-state index is -1.52. The highest BCUT2D eigenvalue weighted by Gasteiger charge is 2.38. The van der Waals surface area contributed by atoms with Crippen molar-refractivity contribution in [1.82, 2.24) is 19.7 Å². The molecule has 1 aromatic carbocycles. The van der Waals surface area contributed by atoms with E-state index >= 15 is 0 Å². The molecule has 36 heavy (non-hydrogen) atoms. The van der Waals surface area contributed by atoms with E-state index in [4.69, 9.17) is 10.5 Å². The third kappa shape index (κ3) is 5.27. The van der Waals surface area contributed by atoms with E-state index in [9.17, 15) is 9.90 Å². The molecular formula is C28H31N5O3. The Morgan fingerprint density at radius 1 is 1.22 bits per heavy atom. The topological polar surface area (TPSA) is 107 Å². The van der Waals surface area contributed by atoms with Gasteiger partial charge in [0.05, 0.1) is 12.2 Å². The van der Waals surface area contributed by atoms with Crippen LogP contribution in [0.5, 0.6) is 5.75 Å². The number of anilines is 1. The Bertz CT molecular complexity index is 1320. The molecule has 1 saturated heterocycles. The summed E-state index contributed by atoms with van der Waals surface area (Å²) in [7, 11) is 2.15. The minimum Gasteiger partial charge on any atom is -0.485 e. The zero-order chi connectivity index (χ0) is 25.1. The number of benzene rings is 1. The van der Waals surface area contributed by atoms with Gasteiger partial charge < -0.3 is 20.5 Å². The number of carbonyl (C=O) groups is 1. The van der Waals surface area contributed by atoms with Gasteiger partial charge in [-0.3, -0.25) is 9.48 Å². The second-order valence-corrected chi connectivity index (χ2v) is 9.73. The standard InChI is InChI=1S/C28H31N5O3/c1-32-12-8-24(9-13-32)33-18-23(17-31-33)22-15-25(27(29)30-16-22)36-19-21-5-2-4-20(14-21)7-11-28(35)10-3-6-26(28)34/h2,4-5,14-18,24,35H,3,6,8-10,12-13,19H2,1H3,(H2,29,30). The summed E-state index contributed by atoms with van der Waals surface area (Å²) in [5.74, 6) is 6.33. The Morgan fingerprint density at radius 3 is 2.83 bits per heavy atom. The summed E-state index contributed by atoms with van der Waals surface area (Å²) >= 11 is 0. The maximum atomic E-state index is 11.9. The molecule has 3 N–H and O–H groups in total. The predicted octanol–water partition coefficient (Wildman–Crippen LogP) is 3.21. The van der Waals surface area contributed by atoms with Crippen LogP contribution in [0.2, 0.25) is 0 Å². The van der Waals surface area contributed by atoms with Crippen LogP contribution in [0.4, 0.5) is 5.82 Å². The number of hydrogen-bond acceptors (Lipinski definition) is 7. The Hall–Kier alpha value is -3.67. The number of carbonyl (C=O) groups excluding carboxylic acids is 1. The number of nitrogens with two attached hydrogens (primary N) is 1. The smallest absolute Gasteiger partial charge is 0.184 e. The van der Waals surface area contributed by atoms with Crippen LogP contribution >= 0.6 is 0 Å². The molecule has 0 radical (unpaired) electrons. The van der Waals surface area contributed by atoms with E-state index in [1.807, 2.05) is 36.5 Å². The Labute approximate surface area is 211 Å². The maximum Gasteiger partial charge on any atom is 0.184 e. The maximum absolute atomic E-state index is 11.9. The van der Waals surface area contributed by atoms with Crippen LogP contribution in [-0.2, 0) is 11.4 Å². The van der Waals surface area contributed by atoms with Crippen molar-refractivity contribution in [3.63, 3.8) is 0 Å². The van der Waals surface area contributed by atoms with Crippen LogP contribution in [0.15, 0.2) is 48.9 Å². The number of ether oxygens (including phenoxy) is 1. The number of nitrogens with zero attached hydrogens (tertiary/aromatic N) is 4. The fourth-order valence-corrected chi connectivity index (χ4v) is 4.73. The monoisotopic (exact) mass is 485 g/mol. The van der Waals surface area contributed by atoms with Gasteiger partial charge in [-0.05, 0) is 69.6 Å². The van der Waals surface area contributed by atoms with Gasteiger partial charge in [0.2, 0.25) is 0 Å². The highest BCUT2D eigenvalue weighted by molar-refractivity contribution is 5.92. The number of likely N-dealkylation sites (tertiary alicyclic amines) is 1. The summed E-state index contributed by atoms with van der Waals surface area (Å²) < 4.78 is 8.07. The van der Waals surface area contributed by atoms with Crippen molar-refractivity contribution in [2.45, 2.75) is 50.4 Å². The Morgan fingerprint density at radius 2 is 2.06 bits per heavy atom. The van der Waals surface area contributed by atoms with E-state index in [0.717, 1.165) is 42.6 Å². The number of hydrogen-bond donors (Lipinski definition) is 2. The fourth-order valence-electron chi connectivity index (χ4n) is 4.73. The lowest BCUT2D eigenvalue weighted by Gasteiger charge is -2.28. The summed E-state index contributed by atoms with van der Waals surface area (Å²) in [4.78, 5) is 18.6. The summed E-state index contributed by atoms with van der Waals surface area (Å²) in [5, 5.41) is 15.0. The van der Waals surface area contributed by atoms with Gasteiger partial charge in [0.1, 0.15) is 6.61 Å². The van der Waals surface area contributed by atoms with Crippen molar-refractivity contribution >= 4 is 11.6 Å². The molecule has 1 unspecified atom stereocenters. The van der Waals surface area contributed by atoms with Gasteiger partial charge in [-0.1, -0.05) is 24.0 Å². The molecule has 3 aromatic rings. The molecule has 186 valence electrons. The van der Waals surface area contributed by atoms with Gasteiger partial charge in [0, 0.05) is 35.5 Å². The molecule has 2 aliphatic rings. The second-order valence-electron chi connectivity index (χ2n) is 9.73. The normalized spacial score (nSPS) is 20.8. The van der Waals surface area contributed by atoms with E-state index in [2.05, 4.69) is 44.7 Å². The van der Waals surface area contributed by atoms with E-state index in [1.54, 1.807) is 6.20 Å². The van der Waals surface area contributed by atoms with Gasteiger partial charge in [-0.25, -0.2) is 4.98 Å². The molecule has 2 fully saturated rings. The Kier molecular flexibility index (Phi) is 6.77. The van der Waals surface area contributed by atoms with E-state index in [0.29, 0.717) is 42.4 Å². The Balaban J connectivity index is 1.27. The number of rotatable bonds is 5. The number of aromatic nitrogens is 3. The molecule has 8 nitrogen and oxygen atoms in total. The first kappa shape index (κ1) is 24.0. The highest BCUT2D eigenvalue weighted by atomic mass is 16.5. The van der Waals surface area contributed by atoms with Crippen molar-refractivity contribution in [2.75, 3.05) is 25.9 Å². The average molecular weight is 486 g/mol. The summed E-state index contributed by atoms with van der Waals surface area (Å²) in [6.45, 7) is 2.43. The third-order valence-corrected chi connectivity index (χ3v) is 7.02. The predicted molar refractivity (Wildman–Crippen MR) is 137 cm³/mol. The number of ketones is 1. The zero-order valence-electron chi connectivity index (χ0n) is 20.5. The summed E-state index contributed by atoms with van der Waals surface area (Å²) in [6, 6.07) is 9.84. The van der Waals surface area contributed by atoms with Crippen LogP contribution in [0, 0.1) is 11.8 Å². The third-order valence-electron chi connectivity index (χ3n) is 7.02. The molecule has 3 heterocycles. The zero-order valence-corrected chi connectivity index (χ0v) is 20.5. The van der Waals surface area contributed by atoms with E-state index in [-0.39, 0.29) is 12.4 Å². The van der Waals surface area contributed by atoms with Gasteiger partial charge in [-0.2, -0.15) is 5.10 Å². The molecule has 1 saturated carbocycles. The lowest BCUT2D eigenvalue weighted by molar-refractivity contribution is -0.128. The first-order chi connectivity index (χ1) is 17.4. The molecule has 0 amide bonds. The molecule has 0 bridgehead atoms. The van der Waals surface area contributed by atoms with Crippen molar-refractivity contribution < 1.29 is 14.6 Å². The lowest BCUT2D eigenvalue weighted by atomic mass is 10.0. The number of aliphatic hydroxyl groups is 1. The van der Waals surface area contributed by atoms with Crippen LogP contribution in [0.1, 0.15) is 49.3 Å². The molecule has 8 heteroatoms. The fraction of sp³-hybridized carbons (Fsp3) is 0.393. The number of piperidine rings is 1. The largest absolute Gasteiger partial charge is 0.485 e. The van der Waals surface area contributed by atoms with Gasteiger partial charge in [-0.15, -0.1) is 0 Å². The van der Waals surface area contributed by atoms with Crippen molar-refractivity contribution in [2.24, 2.45) is 0 Å². The van der Waals surface area contributed by atoms with Gasteiger partial charge >= 0.3 is 0 Å². The van der Waals surface area contributed by atoms with Crippen molar-refractivity contribution in [3.8, 4) is 28.7 Å². The molecule has 2 aromatic heterocycles. The van der Waals surface area contributed by atoms with Crippen LogP contribution in [0.3, 0.4) is 0 Å². The van der Waals surface area contributed by atoms with Crippen LogP contribution < -0.4 is 10.5 Å². The molecule has 1 aliphatic carbocycles.